The fourth-order valence-corrected chi connectivity index (χ4v) is 3.54. The smallest absolute Gasteiger partial charge is 0.348 e. The minimum atomic E-state index is -0.683. The first-order chi connectivity index (χ1) is 13.1. The Morgan fingerprint density at radius 3 is 2.63 bits per heavy atom. The molecule has 3 aromatic rings. The zero-order valence-electron chi connectivity index (χ0n) is 14.2. The van der Waals surface area contributed by atoms with Gasteiger partial charge in [0.1, 0.15) is 10.7 Å². The third kappa shape index (κ3) is 4.30. The van der Waals surface area contributed by atoms with Gasteiger partial charge in [0.15, 0.2) is 6.61 Å². The number of para-hydroxylation sites is 1. The summed E-state index contributed by atoms with van der Waals surface area (Å²) in [4.78, 5) is 26.4. The topological polar surface area (TPSA) is 70.4 Å². The number of fused-ring (bicyclic) bond motifs is 1. The maximum absolute atomic E-state index is 13.8. The fraction of sp³-hybridized carbons (Fsp3) is 0.150. The summed E-state index contributed by atoms with van der Waals surface area (Å²) in [7, 11) is 0. The van der Waals surface area contributed by atoms with E-state index in [2.05, 4.69) is 0 Å². The Kier molecular flexibility index (Phi) is 5.79. The van der Waals surface area contributed by atoms with Crippen LogP contribution in [0.15, 0.2) is 54.6 Å². The van der Waals surface area contributed by atoms with E-state index in [0.29, 0.717) is 15.8 Å². The van der Waals surface area contributed by atoms with Crippen LogP contribution in [0.25, 0.3) is 10.1 Å². The molecule has 3 rings (SSSR count). The summed E-state index contributed by atoms with van der Waals surface area (Å²) in [6.07, 6.45) is 0.157. The van der Waals surface area contributed by atoms with Crippen molar-refractivity contribution in [3.63, 3.8) is 0 Å². The lowest BCUT2D eigenvalue weighted by Crippen LogP contribution is -2.35. The first-order valence-corrected chi connectivity index (χ1v) is 8.99. The molecule has 7 heteroatoms. The molecular weight excluding hydrogens is 367 g/mol. The standard InChI is InChI=1S/C20H15FN2O3S/c21-16-8-4-9-17-15(16)12-18(27-17)20(25)26-13-19(24)23(11-5-10-22)14-6-2-1-3-7-14/h1-4,6-9,12H,5,11,13H2. The lowest BCUT2D eigenvalue weighted by atomic mass is 10.2. The molecular formula is C20H15FN2O3S. The van der Waals surface area contributed by atoms with E-state index in [1.54, 1.807) is 36.4 Å². The van der Waals surface area contributed by atoms with Crippen LogP contribution in [-0.4, -0.2) is 25.0 Å². The van der Waals surface area contributed by atoms with Crippen LogP contribution in [0.3, 0.4) is 0 Å². The van der Waals surface area contributed by atoms with E-state index in [9.17, 15) is 14.0 Å². The summed E-state index contributed by atoms with van der Waals surface area (Å²) in [5.41, 5.74) is 0.623. The van der Waals surface area contributed by atoms with Gasteiger partial charge in [-0.1, -0.05) is 24.3 Å². The number of rotatable bonds is 6. The molecule has 1 heterocycles. The molecule has 27 heavy (non-hydrogen) atoms. The van der Waals surface area contributed by atoms with Crippen LogP contribution < -0.4 is 4.90 Å². The number of nitrogens with zero attached hydrogens (tertiary/aromatic N) is 2. The third-order valence-corrected chi connectivity index (χ3v) is 4.93. The van der Waals surface area contributed by atoms with E-state index in [1.807, 2.05) is 12.1 Å². The molecule has 0 saturated carbocycles. The van der Waals surface area contributed by atoms with Gasteiger partial charge >= 0.3 is 5.97 Å². The van der Waals surface area contributed by atoms with Gasteiger partial charge in [0.25, 0.3) is 5.91 Å². The number of nitriles is 1. The van der Waals surface area contributed by atoms with Crippen molar-refractivity contribution in [2.75, 3.05) is 18.1 Å². The largest absolute Gasteiger partial charge is 0.451 e. The first kappa shape index (κ1) is 18.5. The maximum atomic E-state index is 13.8. The molecule has 5 nitrogen and oxygen atoms in total. The van der Waals surface area contributed by atoms with Crippen LogP contribution >= 0.6 is 11.3 Å². The van der Waals surface area contributed by atoms with Crippen LogP contribution in [-0.2, 0) is 9.53 Å². The molecule has 0 bridgehead atoms. The molecule has 0 spiro atoms. The average molecular weight is 382 g/mol. The summed E-state index contributed by atoms with van der Waals surface area (Å²) in [5, 5.41) is 9.15. The van der Waals surface area contributed by atoms with Gasteiger partial charge in [-0.25, -0.2) is 9.18 Å². The van der Waals surface area contributed by atoms with Crippen molar-refractivity contribution in [3.05, 3.63) is 65.3 Å². The van der Waals surface area contributed by atoms with Gasteiger partial charge in [0.05, 0.1) is 12.5 Å². The van der Waals surface area contributed by atoms with Crippen LogP contribution in [0, 0.1) is 17.1 Å². The van der Waals surface area contributed by atoms with Gasteiger partial charge in [0.2, 0.25) is 0 Å². The Hall–Kier alpha value is -3.24. The van der Waals surface area contributed by atoms with E-state index in [0.717, 1.165) is 11.3 Å². The van der Waals surface area contributed by atoms with Gasteiger partial charge in [-0.15, -0.1) is 11.3 Å². The Labute approximate surface area is 159 Å². The molecule has 0 N–H and O–H groups in total. The molecule has 1 aromatic heterocycles. The molecule has 0 aliphatic heterocycles. The van der Waals surface area contributed by atoms with Gasteiger partial charge in [0, 0.05) is 22.3 Å². The van der Waals surface area contributed by atoms with Crippen molar-refractivity contribution in [2.24, 2.45) is 0 Å². The van der Waals surface area contributed by atoms with Gasteiger partial charge < -0.3 is 9.64 Å². The lowest BCUT2D eigenvalue weighted by Gasteiger charge is -2.21. The van der Waals surface area contributed by atoms with Crippen molar-refractivity contribution in [1.82, 2.24) is 0 Å². The number of esters is 1. The number of hydrogen-bond acceptors (Lipinski definition) is 5. The number of anilines is 1. The highest BCUT2D eigenvalue weighted by Gasteiger charge is 2.19. The summed E-state index contributed by atoms with van der Waals surface area (Å²) < 4.78 is 19.5. The predicted molar refractivity (Wildman–Crippen MR) is 101 cm³/mol. The molecule has 0 radical (unpaired) electrons. The monoisotopic (exact) mass is 382 g/mol. The summed E-state index contributed by atoms with van der Waals surface area (Å²) in [5.74, 6) is -1.53. The zero-order chi connectivity index (χ0) is 19.2. The lowest BCUT2D eigenvalue weighted by molar-refractivity contribution is -0.121. The van der Waals surface area contributed by atoms with Gasteiger partial charge in [-0.3, -0.25) is 4.79 Å². The molecule has 1 amide bonds. The third-order valence-electron chi connectivity index (χ3n) is 3.85. The number of amides is 1. The maximum Gasteiger partial charge on any atom is 0.348 e. The van der Waals surface area contributed by atoms with E-state index >= 15 is 0 Å². The van der Waals surface area contributed by atoms with Gasteiger partial charge in [-0.05, 0) is 30.3 Å². The summed E-state index contributed by atoms with van der Waals surface area (Å²) in [6, 6.07) is 16.9. The van der Waals surface area contributed by atoms with Crippen molar-refractivity contribution < 1.29 is 18.7 Å². The van der Waals surface area contributed by atoms with E-state index in [4.69, 9.17) is 10.00 Å². The number of halogens is 1. The Morgan fingerprint density at radius 1 is 1.15 bits per heavy atom. The van der Waals surface area contributed by atoms with Crippen molar-refractivity contribution in [1.29, 1.82) is 5.26 Å². The molecule has 0 atom stereocenters. The van der Waals surface area contributed by atoms with E-state index < -0.39 is 24.3 Å². The van der Waals surface area contributed by atoms with Crippen LogP contribution in [0.2, 0.25) is 0 Å². The second kappa shape index (κ2) is 8.43. The Balaban J connectivity index is 1.69. The predicted octanol–water partition coefficient (Wildman–Crippen LogP) is 4.14. The highest BCUT2D eigenvalue weighted by atomic mass is 32.1. The number of carbonyl (C=O) groups excluding carboxylic acids is 2. The second-order valence-corrected chi connectivity index (χ2v) is 6.71. The van der Waals surface area contributed by atoms with Crippen LogP contribution in [0.5, 0.6) is 0 Å². The van der Waals surface area contributed by atoms with Crippen molar-refractivity contribution in [2.45, 2.75) is 6.42 Å². The first-order valence-electron chi connectivity index (χ1n) is 8.17. The highest BCUT2D eigenvalue weighted by Crippen LogP contribution is 2.28. The van der Waals surface area contributed by atoms with Crippen LogP contribution in [0.4, 0.5) is 10.1 Å². The molecule has 0 aliphatic carbocycles. The number of hydrogen-bond donors (Lipinski definition) is 0. The SMILES string of the molecule is N#CCCN(C(=O)COC(=O)c1cc2c(F)cccc2s1)c1ccccc1. The quantitative estimate of drug-likeness (QED) is 0.601. The minimum absolute atomic E-state index is 0.157. The second-order valence-electron chi connectivity index (χ2n) is 5.63. The number of ether oxygens (including phenoxy) is 1. The molecule has 136 valence electrons. The van der Waals surface area contributed by atoms with E-state index in [-0.39, 0.29) is 17.8 Å². The Bertz CT molecular complexity index is 1010. The number of benzene rings is 2. The molecule has 0 aliphatic rings. The van der Waals surface area contributed by atoms with Crippen LogP contribution in [0.1, 0.15) is 16.1 Å². The fourth-order valence-electron chi connectivity index (χ4n) is 2.57. The van der Waals surface area contributed by atoms with E-state index in [1.165, 1.54) is 17.0 Å². The zero-order valence-corrected chi connectivity index (χ0v) is 15.0. The van der Waals surface area contributed by atoms with Crippen molar-refractivity contribution >= 4 is 39.0 Å². The molecule has 0 unspecified atom stereocenters. The Morgan fingerprint density at radius 2 is 1.93 bits per heavy atom. The van der Waals surface area contributed by atoms with Gasteiger partial charge in [-0.2, -0.15) is 5.26 Å². The molecule has 2 aromatic carbocycles. The minimum Gasteiger partial charge on any atom is -0.451 e. The highest BCUT2D eigenvalue weighted by molar-refractivity contribution is 7.20. The number of carbonyl (C=O) groups is 2. The normalized spacial score (nSPS) is 10.4. The van der Waals surface area contributed by atoms with Crippen molar-refractivity contribution in [3.8, 4) is 6.07 Å². The summed E-state index contributed by atoms with van der Waals surface area (Å²) in [6.45, 7) is -0.263. The summed E-state index contributed by atoms with van der Waals surface area (Å²) >= 11 is 1.11. The molecule has 0 saturated heterocycles. The molecule has 0 fully saturated rings. The number of thiophene rings is 1. The average Bonchev–Trinajstić information content (AvgIpc) is 3.13.